The van der Waals surface area contributed by atoms with Crippen LogP contribution in [0.25, 0.3) is 0 Å². The van der Waals surface area contributed by atoms with E-state index in [9.17, 15) is 9.59 Å². The van der Waals surface area contributed by atoms with Crippen molar-refractivity contribution in [2.24, 2.45) is 5.92 Å². The quantitative estimate of drug-likeness (QED) is 0.928. The first-order chi connectivity index (χ1) is 9.54. The van der Waals surface area contributed by atoms with Gasteiger partial charge in [-0.25, -0.2) is 4.79 Å². The number of carboxylic acids is 1. The molecule has 0 aliphatic carbocycles. The molecule has 1 aliphatic heterocycles. The minimum atomic E-state index is -0.811. The Hall–Kier alpha value is -1.56. The van der Waals surface area contributed by atoms with Gasteiger partial charge in [-0.05, 0) is 31.7 Å². The van der Waals surface area contributed by atoms with E-state index in [2.05, 4.69) is 0 Å². The summed E-state index contributed by atoms with van der Waals surface area (Å²) in [6, 6.07) is 3.68. The minimum Gasteiger partial charge on any atom is -0.481 e. The smallest absolute Gasteiger partial charge is 0.320 e. The molecule has 2 atom stereocenters. The summed E-state index contributed by atoms with van der Waals surface area (Å²) >= 11 is 1.63. The van der Waals surface area contributed by atoms with Crippen molar-refractivity contribution in [2.75, 3.05) is 13.1 Å². The van der Waals surface area contributed by atoms with E-state index in [1.165, 1.54) is 0 Å². The van der Waals surface area contributed by atoms with Crippen LogP contribution in [0.5, 0.6) is 0 Å². The fourth-order valence-corrected chi connectivity index (χ4v) is 3.35. The fourth-order valence-electron chi connectivity index (χ4n) is 2.63. The normalized spacial score (nSPS) is 22.0. The lowest BCUT2D eigenvalue weighted by molar-refractivity contribution is -0.142. The number of hydrogen-bond donors (Lipinski definition) is 1. The zero-order chi connectivity index (χ0) is 14.7. The van der Waals surface area contributed by atoms with Crippen LogP contribution in [-0.4, -0.2) is 46.0 Å². The van der Waals surface area contributed by atoms with Crippen LogP contribution in [0, 0.1) is 5.92 Å². The lowest BCUT2D eigenvalue weighted by Gasteiger charge is -2.30. The van der Waals surface area contributed by atoms with Crippen LogP contribution in [0.15, 0.2) is 17.5 Å². The highest BCUT2D eigenvalue weighted by atomic mass is 32.1. The Morgan fingerprint density at radius 3 is 2.80 bits per heavy atom. The maximum Gasteiger partial charge on any atom is 0.320 e. The Labute approximate surface area is 122 Å². The summed E-state index contributed by atoms with van der Waals surface area (Å²) in [4.78, 5) is 28.3. The van der Waals surface area contributed by atoms with Crippen molar-refractivity contribution in [3.05, 3.63) is 22.4 Å². The molecule has 1 fully saturated rings. The molecule has 2 heterocycles. The molecule has 0 saturated carbocycles. The monoisotopic (exact) mass is 296 g/mol. The molecule has 0 radical (unpaired) electrons. The van der Waals surface area contributed by atoms with E-state index in [-0.39, 0.29) is 12.1 Å². The Morgan fingerprint density at radius 2 is 2.30 bits per heavy atom. The standard InChI is InChI=1S/C14H20N2O3S/c1-3-15(9-11-5-4-8-20-11)14(19)16-7-6-12(10(16)2)13(17)18/h4-5,8,10,12H,3,6-7,9H2,1-2H3,(H,17,18). The molecule has 1 aromatic heterocycles. The van der Waals surface area contributed by atoms with Gasteiger partial charge in [-0.3, -0.25) is 4.79 Å². The van der Waals surface area contributed by atoms with Gasteiger partial charge in [0.15, 0.2) is 0 Å². The predicted octanol–water partition coefficient (Wildman–Crippen LogP) is 2.49. The highest BCUT2D eigenvalue weighted by Gasteiger charge is 2.39. The second-order valence-electron chi connectivity index (χ2n) is 5.04. The number of rotatable bonds is 4. The van der Waals surface area contributed by atoms with Crippen molar-refractivity contribution < 1.29 is 14.7 Å². The average molecular weight is 296 g/mol. The Bertz CT molecular complexity index is 475. The van der Waals surface area contributed by atoms with Crippen molar-refractivity contribution in [1.82, 2.24) is 9.80 Å². The number of urea groups is 1. The molecule has 0 bridgehead atoms. The number of nitrogens with zero attached hydrogens (tertiary/aromatic N) is 2. The highest BCUT2D eigenvalue weighted by Crippen LogP contribution is 2.26. The molecule has 2 amide bonds. The number of carbonyl (C=O) groups excluding carboxylic acids is 1. The summed E-state index contributed by atoms with van der Waals surface area (Å²) in [7, 11) is 0. The van der Waals surface area contributed by atoms with Gasteiger partial charge in [0.2, 0.25) is 0 Å². The number of amides is 2. The summed E-state index contributed by atoms with van der Waals surface area (Å²) in [6.45, 7) is 5.51. The number of hydrogen-bond acceptors (Lipinski definition) is 3. The van der Waals surface area contributed by atoms with Gasteiger partial charge in [0.25, 0.3) is 0 Å². The van der Waals surface area contributed by atoms with E-state index in [0.717, 1.165) is 4.88 Å². The Balaban J connectivity index is 2.04. The zero-order valence-electron chi connectivity index (χ0n) is 11.8. The van der Waals surface area contributed by atoms with Gasteiger partial charge in [-0.1, -0.05) is 6.07 Å². The van der Waals surface area contributed by atoms with E-state index >= 15 is 0 Å². The number of aliphatic carboxylic acids is 1. The second-order valence-corrected chi connectivity index (χ2v) is 6.08. The largest absolute Gasteiger partial charge is 0.481 e. The first-order valence-electron chi connectivity index (χ1n) is 6.85. The molecule has 0 spiro atoms. The van der Waals surface area contributed by atoms with Crippen molar-refractivity contribution in [3.8, 4) is 0 Å². The molecule has 1 aromatic rings. The molecule has 20 heavy (non-hydrogen) atoms. The third-order valence-corrected chi connectivity index (χ3v) is 4.76. The van der Waals surface area contributed by atoms with Crippen molar-refractivity contribution in [2.45, 2.75) is 32.9 Å². The minimum absolute atomic E-state index is 0.0582. The van der Waals surface area contributed by atoms with Crippen LogP contribution < -0.4 is 0 Å². The van der Waals surface area contributed by atoms with Gasteiger partial charge in [-0.2, -0.15) is 0 Å². The maximum atomic E-state index is 12.5. The van der Waals surface area contributed by atoms with Gasteiger partial charge in [0.05, 0.1) is 12.5 Å². The van der Waals surface area contributed by atoms with Crippen LogP contribution in [-0.2, 0) is 11.3 Å². The van der Waals surface area contributed by atoms with E-state index in [4.69, 9.17) is 5.11 Å². The lowest BCUT2D eigenvalue weighted by Crippen LogP contribution is -2.45. The molecule has 110 valence electrons. The second kappa shape index (κ2) is 6.26. The molecule has 5 nitrogen and oxygen atoms in total. The molecule has 1 aliphatic rings. The summed E-state index contributed by atoms with van der Waals surface area (Å²) < 4.78 is 0. The maximum absolute atomic E-state index is 12.5. The van der Waals surface area contributed by atoms with Crippen LogP contribution in [0.3, 0.4) is 0 Å². The van der Waals surface area contributed by atoms with Crippen LogP contribution in [0.1, 0.15) is 25.1 Å². The van der Waals surface area contributed by atoms with Crippen molar-refractivity contribution >= 4 is 23.3 Å². The number of likely N-dealkylation sites (tertiary alicyclic amines) is 1. The van der Waals surface area contributed by atoms with Crippen LogP contribution in [0.2, 0.25) is 0 Å². The van der Waals surface area contributed by atoms with Crippen LogP contribution >= 0.6 is 11.3 Å². The SMILES string of the molecule is CCN(Cc1cccs1)C(=O)N1CCC(C(=O)O)C1C. The third-order valence-electron chi connectivity index (χ3n) is 3.90. The fraction of sp³-hybridized carbons (Fsp3) is 0.571. The van der Waals surface area contributed by atoms with Crippen molar-refractivity contribution in [3.63, 3.8) is 0 Å². The van der Waals surface area contributed by atoms with Gasteiger partial charge >= 0.3 is 12.0 Å². The van der Waals surface area contributed by atoms with Gasteiger partial charge in [0.1, 0.15) is 0 Å². The summed E-state index contributed by atoms with van der Waals surface area (Å²) in [5.41, 5.74) is 0. The number of carboxylic acid groups (broad SMARTS) is 1. The molecule has 2 rings (SSSR count). The Morgan fingerprint density at radius 1 is 1.55 bits per heavy atom. The van der Waals surface area contributed by atoms with Gasteiger partial charge in [0, 0.05) is 24.0 Å². The molecular formula is C14H20N2O3S. The lowest BCUT2D eigenvalue weighted by atomic mass is 10.0. The molecule has 1 saturated heterocycles. The number of carbonyl (C=O) groups is 2. The summed E-state index contributed by atoms with van der Waals surface area (Å²) in [5.74, 6) is -1.26. The van der Waals surface area contributed by atoms with Crippen molar-refractivity contribution in [1.29, 1.82) is 0 Å². The van der Waals surface area contributed by atoms with E-state index in [0.29, 0.717) is 26.1 Å². The molecule has 6 heteroatoms. The van der Waals surface area contributed by atoms with E-state index in [1.54, 1.807) is 21.1 Å². The topological polar surface area (TPSA) is 60.9 Å². The molecule has 0 aromatic carbocycles. The molecular weight excluding hydrogens is 276 g/mol. The van der Waals surface area contributed by atoms with E-state index in [1.807, 2.05) is 31.4 Å². The molecule has 2 unspecified atom stereocenters. The van der Waals surface area contributed by atoms with Gasteiger partial charge in [-0.15, -0.1) is 11.3 Å². The molecule has 1 N–H and O–H groups in total. The first kappa shape index (κ1) is 14.8. The van der Waals surface area contributed by atoms with Gasteiger partial charge < -0.3 is 14.9 Å². The number of thiophene rings is 1. The summed E-state index contributed by atoms with van der Waals surface area (Å²) in [5, 5.41) is 11.1. The van der Waals surface area contributed by atoms with E-state index < -0.39 is 11.9 Å². The summed E-state index contributed by atoms with van der Waals surface area (Å²) in [6.07, 6.45) is 0.540. The average Bonchev–Trinajstić information content (AvgIpc) is 3.04. The van der Waals surface area contributed by atoms with Crippen LogP contribution in [0.4, 0.5) is 4.79 Å². The first-order valence-corrected chi connectivity index (χ1v) is 7.73. The Kier molecular flexibility index (Phi) is 4.65. The predicted molar refractivity (Wildman–Crippen MR) is 77.7 cm³/mol. The third kappa shape index (κ3) is 2.95. The zero-order valence-corrected chi connectivity index (χ0v) is 12.6. The highest BCUT2D eigenvalue weighted by molar-refractivity contribution is 7.09.